The number of hydrogen-bond acceptors (Lipinski definition) is 3. The van der Waals surface area contributed by atoms with Crippen LogP contribution in [-0.4, -0.2) is 12.8 Å². The molecular formula is C10H13NOS. The normalized spacial score (nSPS) is 19.5. The highest BCUT2D eigenvalue weighted by atomic mass is 32.1. The second kappa shape index (κ2) is 2.93. The number of nitrogens with one attached hydrogen (secondary N) is 1. The van der Waals surface area contributed by atoms with Crippen LogP contribution in [0.15, 0.2) is 6.07 Å². The zero-order chi connectivity index (χ0) is 9.47. The monoisotopic (exact) mass is 195 g/mol. The molecule has 0 aromatic carbocycles. The van der Waals surface area contributed by atoms with Gasteiger partial charge >= 0.3 is 0 Å². The maximum absolute atomic E-state index is 10.6. The Morgan fingerprint density at radius 1 is 1.62 bits per heavy atom. The van der Waals surface area contributed by atoms with E-state index < -0.39 is 0 Å². The first-order valence-corrected chi connectivity index (χ1v) is 5.24. The molecule has 3 heteroatoms. The number of thiophene rings is 1. The lowest BCUT2D eigenvalue weighted by atomic mass is 9.86. The predicted molar refractivity (Wildman–Crippen MR) is 54.4 cm³/mol. The third-order valence-corrected chi connectivity index (χ3v) is 3.91. The number of carbonyl (C=O) groups is 1. The molecule has 0 bridgehead atoms. The van der Waals surface area contributed by atoms with Crippen molar-refractivity contribution >= 4 is 17.6 Å². The molecule has 0 saturated heterocycles. The fourth-order valence-electron chi connectivity index (χ4n) is 1.80. The second-order valence-electron chi connectivity index (χ2n) is 4.11. The lowest BCUT2D eigenvalue weighted by molar-refractivity contribution is 0.112. The molecule has 0 amide bonds. The third-order valence-electron chi connectivity index (χ3n) is 2.44. The van der Waals surface area contributed by atoms with Crippen LogP contribution >= 0.6 is 11.3 Å². The molecule has 0 spiro atoms. The van der Waals surface area contributed by atoms with Crippen molar-refractivity contribution in [2.24, 2.45) is 0 Å². The molecule has 2 nitrogen and oxygen atoms in total. The minimum atomic E-state index is 0.180. The maximum Gasteiger partial charge on any atom is 0.160 e. The molecule has 0 unspecified atom stereocenters. The molecule has 0 aliphatic carbocycles. The van der Waals surface area contributed by atoms with Crippen LogP contribution in [0.25, 0.3) is 0 Å². The first-order valence-electron chi connectivity index (χ1n) is 4.42. The molecule has 0 atom stereocenters. The average molecular weight is 195 g/mol. The standard InChI is InChI=1S/C10H13NOS/c1-10(2)6-11-4-7-3-8(5-12)13-9(7)10/h3,5,11H,4,6H2,1-2H3. The summed E-state index contributed by atoms with van der Waals surface area (Å²) >= 11 is 1.63. The molecule has 13 heavy (non-hydrogen) atoms. The minimum absolute atomic E-state index is 0.180. The summed E-state index contributed by atoms with van der Waals surface area (Å²) in [6, 6.07) is 2.00. The maximum atomic E-state index is 10.6. The molecule has 1 aliphatic rings. The number of fused-ring (bicyclic) bond motifs is 1. The summed E-state index contributed by atoms with van der Waals surface area (Å²) in [7, 11) is 0. The summed E-state index contributed by atoms with van der Waals surface area (Å²) in [6.07, 6.45) is 0.944. The largest absolute Gasteiger partial charge is 0.312 e. The SMILES string of the molecule is CC1(C)CNCc2cc(C=O)sc21. The van der Waals surface area contributed by atoms with E-state index in [2.05, 4.69) is 19.2 Å². The molecule has 1 aromatic heterocycles. The Bertz CT molecular complexity index is 341. The Labute approximate surface area is 82.0 Å². The highest BCUT2D eigenvalue weighted by Crippen LogP contribution is 2.35. The topological polar surface area (TPSA) is 29.1 Å². The van der Waals surface area contributed by atoms with Crippen molar-refractivity contribution in [3.63, 3.8) is 0 Å². The highest BCUT2D eigenvalue weighted by Gasteiger charge is 2.29. The molecular weight excluding hydrogens is 182 g/mol. The Morgan fingerprint density at radius 3 is 3.00 bits per heavy atom. The summed E-state index contributed by atoms with van der Waals surface area (Å²) in [4.78, 5) is 12.8. The summed E-state index contributed by atoms with van der Waals surface area (Å²) < 4.78 is 0. The van der Waals surface area contributed by atoms with Crippen molar-refractivity contribution in [1.82, 2.24) is 5.32 Å². The average Bonchev–Trinajstić information content (AvgIpc) is 2.48. The number of carbonyl (C=O) groups excluding carboxylic acids is 1. The van der Waals surface area contributed by atoms with Crippen LogP contribution in [0.4, 0.5) is 0 Å². The van der Waals surface area contributed by atoms with E-state index in [0.717, 1.165) is 24.3 Å². The van der Waals surface area contributed by atoms with Crippen molar-refractivity contribution in [1.29, 1.82) is 0 Å². The Balaban J connectivity index is 2.50. The molecule has 2 heterocycles. The molecule has 2 rings (SSSR count). The minimum Gasteiger partial charge on any atom is -0.312 e. The Hall–Kier alpha value is -0.670. The van der Waals surface area contributed by atoms with Gasteiger partial charge in [0.2, 0.25) is 0 Å². The van der Waals surface area contributed by atoms with Crippen LogP contribution in [0.1, 0.15) is 34.0 Å². The van der Waals surface area contributed by atoms with Crippen LogP contribution in [-0.2, 0) is 12.0 Å². The van der Waals surface area contributed by atoms with Gasteiger partial charge in [-0.15, -0.1) is 11.3 Å². The third kappa shape index (κ3) is 1.42. The molecule has 0 fully saturated rings. The number of hydrogen-bond donors (Lipinski definition) is 1. The van der Waals surface area contributed by atoms with Crippen LogP contribution in [0, 0.1) is 0 Å². The first-order chi connectivity index (χ1) is 6.13. The lowest BCUT2D eigenvalue weighted by Crippen LogP contribution is -2.37. The van der Waals surface area contributed by atoms with Gasteiger partial charge in [-0.1, -0.05) is 13.8 Å². The quantitative estimate of drug-likeness (QED) is 0.694. The molecule has 70 valence electrons. The lowest BCUT2D eigenvalue weighted by Gasteiger charge is -2.30. The van der Waals surface area contributed by atoms with Gasteiger partial charge in [0, 0.05) is 23.4 Å². The number of aldehydes is 1. The predicted octanol–water partition coefficient (Wildman–Crippen LogP) is 1.94. The summed E-state index contributed by atoms with van der Waals surface area (Å²) in [5, 5.41) is 3.36. The van der Waals surface area contributed by atoms with Crippen molar-refractivity contribution in [2.45, 2.75) is 25.8 Å². The zero-order valence-electron chi connectivity index (χ0n) is 7.89. The van der Waals surface area contributed by atoms with Crippen molar-refractivity contribution < 1.29 is 4.79 Å². The van der Waals surface area contributed by atoms with E-state index in [1.165, 1.54) is 10.4 Å². The Kier molecular flexibility index (Phi) is 2.00. The van der Waals surface area contributed by atoms with E-state index in [0.29, 0.717) is 0 Å². The molecule has 1 N–H and O–H groups in total. The van der Waals surface area contributed by atoms with Gasteiger partial charge < -0.3 is 5.32 Å². The van der Waals surface area contributed by atoms with Gasteiger partial charge in [-0.05, 0) is 11.6 Å². The zero-order valence-corrected chi connectivity index (χ0v) is 8.70. The van der Waals surface area contributed by atoms with E-state index in [1.807, 2.05) is 6.07 Å². The highest BCUT2D eigenvalue weighted by molar-refractivity contribution is 7.14. The molecule has 1 aliphatic heterocycles. The van der Waals surface area contributed by atoms with Gasteiger partial charge in [-0.25, -0.2) is 0 Å². The summed E-state index contributed by atoms with van der Waals surface area (Å²) in [5.41, 5.74) is 1.47. The summed E-state index contributed by atoms with van der Waals surface area (Å²) in [6.45, 7) is 6.33. The number of rotatable bonds is 1. The molecule has 1 aromatic rings. The van der Waals surface area contributed by atoms with E-state index in [9.17, 15) is 4.79 Å². The van der Waals surface area contributed by atoms with Gasteiger partial charge in [-0.3, -0.25) is 4.79 Å². The van der Waals surface area contributed by atoms with Gasteiger partial charge in [0.15, 0.2) is 6.29 Å². The first kappa shape index (κ1) is 8.91. The summed E-state index contributed by atoms with van der Waals surface area (Å²) in [5.74, 6) is 0. The van der Waals surface area contributed by atoms with E-state index in [1.54, 1.807) is 11.3 Å². The fourth-order valence-corrected chi connectivity index (χ4v) is 2.90. The van der Waals surface area contributed by atoms with Crippen LogP contribution in [0.2, 0.25) is 0 Å². The van der Waals surface area contributed by atoms with Crippen molar-refractivity contribution in [2.75, 3.05) is 6.54 Å². The van der Waals surface area contributed by atoms with Crippen LogP contribution in [0.3, 0.4) is 0 Å². The van der Waals surface area contributed by atoms with Gasteiger partial charge in [0.1, 0.15) is 0 Å². The van der Waals surface area contributed by atoms with Crippen molar-refractivity contribution in [3.8, 4) is 0 Å². The van der Waals surface area contributed by atoms with Gasteiger partial charge in [0.25, 0.3) is 0 Å². The van der Waals surface area contributed by atoms with Crippen LogP contribution in [0.5, 0.6) is 0 Å². The van der Waals surface area contributed by atoms with Crippen molar-refractivity contribution in [3.05, 3.63) is 21.4 Å². The molecule has 0 saturated carbocycles. The molecule has 0 radical (unpaired) electrons. The van der Waals surface area contributed by atoms with Crippen LogP contribution < -0.4 is 5.32 Å². The Morgan fingerprint density at radius 2 is 2.38 bits per heavy atom. The van der Waals surface area contributed by atoms with Gasteiger partial charge in [0.05, 0.1) is 4.88 Å². The van der Waals surface area contributed by atoms with E-state index in [4.69, 9.17) is 0 Å². The second-order valence-corrected chi connectivity index (χ2v) is 5.19. The van der Waals surface area contributed by atoms with Gasteiger partial charge in [-0.2, -0.15) is 0 Å². The smallest absolute Gasteiger partial charge is 0.160 e. The van der Waals surface area contributed by atoms with E-state index in [-0.39, 0.29) is 5.41 Å². The fraction of sp³-hybridized carbons (Fsp3) is 0.500. The van der Waals surface area contributed by atoms with E-state index >= 15 is 0 Å².